The highest BCUT2D eigenvalue weighted by molar-refractivity contribution is 5.94. The zero-order valence-corrected chi connectivity index (χ0v) is 15.7. The highest BCUT2D eigenvalue weighted by Crippen LogP contribution is 2.28. The molecule has 6 nitrogen and oxygen atoms in total. The van der Waals surface area contributed by atoms with Gasteiger partial charge in [0.25, 0.3) is 5.91 Å². The molecule has 0 bridgehead atoms. The SMILES string of the molecule is COc1ccc([C@H](C)NC(=O)COc2ccc(C(C)=O)cc2OC)cc1F. The monoisotopic (exact) mass is 375 g/mol. The van der Waals surface area contributed by atoms with E-state index in [2.05, 4.69) is 5.32 Å². The van der Waals surface area contributed by atoms with Crippen molar-refractivity contribution < 1.29 is 28.2 Å². The molecule has 0 aliphatic heterocycles. The van der Waals surface area contributed by atoms with Crippen LogP contribution in [0.4, 0.5) is 4.39 Å². The number of carbonyl (C=O) groups is 2. The van der Waals surface area contributed by atoms with Crippen LogP contribution in [0.2, 0.25) is 0 Å². The Morgan fingerprint density at radius 3 is 2.30 bits per heavy atom. The van der Waals surface area contributed by atoms with Gasteiger partial charge in [0.05, 0.1) is 20.3 Å². The predicted octanol–water partition coefficient (Wildman–Crippen LogP) is 3.30. The molecule has 0 spiro atoms. The van der Waals surface area contributed by atoms with E-state index in [4.69, 9.17) is 14.2 Å². The van der Waals surface area contributed by atoms with Crippen LogP contribution in [0.3, 0.4) is 0 Å². The number of methoxy groups -OCH3 is 2. The molecular weight excluding hydrogens is 353 g/mol. The zero-order valence-electron chi connectivity index (χ0n) is 15.7. The number of ether oxygens (including phenoxy) is 3. The van der Waals surface area contributed by atoms with Gasteiger partial charge in [0.2, 0.25) is 0 Å². The molecular formula is C20H22FNO5. The second-order valence-corrected chi connectivity index (χ2v) is 5.89. The third kappa shape index (κ3) is 5.20. The van der Waals surface area contributed by atoms with E-state index in [1.165, 1.54) is 33.3 Å². The summed E-state index contributed by atoms with van der Waals surface area (Å²) in [6.45, 7) is 2.94. The van der Waals surface area contributed by atoms with Crippen molar-refractivity contribution in [3.05, 3.63) is 53.3 Å². The third-order valence-corrected chi connectivity index (χ3v) is 3.98. The molecule has 1 atom stereocenters. The van der Waals surface area contributed by atoms with Gasteiger partial charge in [-0.25, -0.2) is 4.39 Å². The summed E-state index contributed by atoms with van der Waals surface area (Å²) in [4.78, 5) is 23.5. The van der Waals surface area contributed by atoms with Gasteiger partial charge in [0.1, 0.15) is 0 Å². The number of hydrogen-bond donors (Lipinski definition) is 1. The molecule has 0 unspecified atom stereocenters. The molecule has 0 fully saturated rings. The molecule has 27 heavy (non-hydrogen) atoms. The first-order chi connectivity index (χ1) is 12.8. The fourth-order valence-electron chi connectivity index (χ4n) is 2.47. The Morgan fingerprint density at radius 1 is 1.04 bits per heavy atom. The lowest BCUT2D eigenvalue weighted by Crippen LogP contribution is -2.31. The Morgan fingerprint density at radius 2 is 1.70 bits per heavy atom. The van der Waals surface area contributed by atoms with Crippen molar-refractivity contribution in [1.82, 2.24) is 5.32 Å². The molecule has 144 valence electrons. The van der Waals surface area contributed by atoms with Gasteiger partial charge in [0.15, 0.2) is 35.5 Å². The Kier molecular flexibility index (Phi) is 6.76. The van der Waals surface area contributed by atoms with Crippen LogP contribution in [0.5, 0.6) is 17.2 Å². The number of ketones is 1. The predicted molar refractivity (Wildman–Crippen MR) is 98.0 cm³/mol. The normalized spacial score (nSPS) is 11.4. The van der Waals surface area contributed by atoms with E-state index in [1.54, 1.807) is 31.2 Å². The van der Waals surface area contributed by atoms with Gasteiger partial charge in [-0.3, -0.25) is 9.59 Å². The van der Waals surface area contributed by atoms with Crippen molar-refractivity contribution in [2.24, 2.45) is 0 Å². The maximum absolute atomic E-state index is 13.8. The number of amides is 1. The molecule has 0 saturated carbocycles. The maximum atomic E-state index is 13.8. The highest BCUT2D eigenvalue weighted by atomic mass is 19.1. The van der Waals surface area contributed by atoms with E-state index in [-0.39, 0.29) is 24.0 Å². The number of Topliss-reactive ketones (excluding diaryl/α,β-unsaturated/α-hetero) is 1. The number of nitrogens with one attached hydrogen (secondary N) is 1. The Labute approximate surface area is 157 Å². The van der Waals surface area contributed by atoms with Gasteiger partial charge in [-0.1, -0.05) is 6.07 Å². The topological polar surface area (TPSA) is 73.9 Å². The molecule has 0 radical (unpaired) electrons. The van der Waals surface area contributed by atoms with Crippen molar-refractivity contribution in [2.75, 3.05) is 20.8 Å². The first-order valence-electron chi connectivity index (χ1n) is 8.30. The number of benzene rings is 2. The first kappa shape index (κ1) is 20.2. The lowest BCUT2D eigenvalue weighted by Gasteiger charge is -2.16. The van der Waals surface area contributed by atoms with Crippen molar-refractivity contribution in [3.63, 3.8) is 0 Å². The zero-order chi connectivity index (χ0) is 20.0. The smallest absolute Gasteiger partial charge is 0.258 e. The van der Waals surface area contributed by atoms with E-state index >= 15 is 0 Å². The van der Waals surface area contributed by atoms with Crippen LogP contribution in [0, 0.1) is 5.82 Å². The fourth-order valence-corrected chi connectivity index (χ4v) is 2.47. The molecule has 2 aromatic carbocycles. The van der Waals surface area contributed by atoms with Crippen LogP contribution in [0.25, 0.3) is 0 Å². The minimum absolute atomic E-state index is 0.0989. The second-order valence-electron chi connectivity index (χ2n) is 5.89. The quantitative estimate of drug-likeness (QED) is 0.717. The van der Waals surface area contributed by atoms with Crippen LogP contribution in [-0.4, -0.2) is 32.5 Å². The van der Waals surface area contributed by atoms with Gasteiger partial charge < -0.3 is 19.5 Å². The Bertz CT molecular complexity index is 837. The lowest BCUT2D eigenvalue weighted by molar-refractivity contribution is -0.123. The van der Waals surface area contributed by atoms with Crippen molar-refractivity contribution in [2.45, 2.75) is 19.9 Å². The minimum atomic E-state index is -0.498. The van der Waals surface area contributed by atoms with E-state index in [9.17, 15) is 14.0 Å². The van der Waals surface area contributed by atoms with Gasteiger partial charge in [0, 0.05) is 5.56 Å². The number of carbonyl (C=O) groups excluding carboxylic acids is 2. The van der Waals surface area contributed by atoms with E-state index in [1.807, 2.05) is 0 Å². The second kappa shape index (κ2) is 9.02. The van der Waals surface area contributed by atoms with E-state index in [0.29, 0.717) is 22.6 Å². The summed E-state index contributed by atoms with van der Waals surface area (Å²) in [5.41, 5.74) is 1.09. The molecule has 7 heteroatoms. The molecule has 1 amide bonds. The van der Waals surface area contributed by atoms with Crippen molar-refractivity contribution in [3.8, 4) is 17.2 Å². The highest BCUT2D eigenvalue weighted by Gasteiger charge is 2.14. The molecule has 0 heterocycles. The van der Waals surface area contributed by atoms with Crippen LogP contribution in [-0.2, 0) is 4.79 Å². The summed E-state index contributed by atoms with van der Waals surface area (Å²) in [7, 11) is 2.84. The third-order valence-electron chi connectivity index (χ3n) is 3.98. The summed E-state index contributed by atoms with van der Waals surface area (Å²) < 4.78 is 29.3. The summed E-state index contributed by atoms with van der Waals surface area (Å²) in [6.07, 6.45) is 0. The summed E-state index contributed by atoms with van der Waals surface area (Å²) in [6, 6.07) is 8.81. The summed E-state index contributed by atoms with van der Waals surface area (Å²) in [5.74, 6) is -0.125. The standard InChI is InChI=1S/C20H22FNO5/c1-12(14-5-7-17(25-3)16(21)9-14)22-20(24)11-27-18-8-6-15(13(2)23)10-19(18)26-4/h5-10,12H,11H2,1-4H3,(H,22,24)/t12-/m0/s1. The van der Waals surface area contributed by atoms with Crippen molar-refractivity contribution in [1.29, 1.82) is 0 Å². The van der Waals surface area contributed by atoms with Gasteiger partial charge in [-0.2, -0.15) is 0 Å². The van der Waals surface area contributed by atoms with Gasteiger partial charge in [-0.05, 0) is 49.7 Å². The average Bonchev–Trinajstić information content (AvgIpc) is 2.65. The lowest BCUT2D eigenvalue weighted by atomic mass is 10.1. The van der Waals surface area contributed by atoms with E-state index in [0.717, 1.165) is 0 Å². The number of halogens is 1. The minimum Gasteiger partial charge on any atom is -0.494 e. The molecule has 2 rings (SSSR count). The first-order valence-corrected chi connectivity index (χ1v) is 8.30. The molecule has 0 aliphatic rings. The maximum Gasteiger partial charge on any atom is 0.258 e. The van der Waals surface area contributed by atoms with Gasteiger partial charge >= 0.3 is 0 Å². The molecule has 1 N–H and O–H groups in total. The molecule has 0 aliphatic carbocycles. The summed E-state index contributed by atoms with van der Waals surface area (Å²) >= 11 is 0. The summed E-state index contributed by atoms with van der Waals surface area (Å²) in [5, 5.41) is 2.73. The Balaban J connectivity index is 1.98. The van der Waals surface area contributed by atoms with Crippen LogP contribution in [0.15, 0.2) is 36.4 Å². The van der Waals surface area contributed by atoms with Crippen LogP contribution in [0.1, 0.15) is 35.8 Å². The van der Waals surface area contributed by atoms with Gasteiger partial charge in [-0.15, -0.1) is 0 Å². The van der Waals surface area contributed by atoms with E-state index < -0.39 is 11.9 Å². The number of rotatable bonds is 8. The number of hydrogen-bond acceptors (Lipinski definition) is 5. The van der Waals surface area contributed by atoms with Crippen molar-refractivity contribution >= 4 is 11.7 Å². The molecule has 2 aromatic rings. The largest absolute Gasteiger partial charge is 0.494 e. The average molecular weight is 375 g/mol. The Hall–Kier alpha value is -3.09. The van der Waals surface area contributed by atoms with Crippen LogP contribution < -0.4 is 19.5 Å². The fraction of sp³-hybridized carbons (Fsp3) is 0.300. The van der Waals surface area contributed by atoms with Crippen LogP contribution >= 0.6 is 0 Å². The molecule has 0 saturated heterocycles. The molecule has 0 aromatic heterocycles.